The average molecular weight is 474 g/mol. The molecule has 0 fully saturated rings. The lowest BCUT2D eigenvalue weighted by atomic mass is 10.0. The Bertz CT molecular complexity index is 1390. The molecule has 3 aromatic carbocycles. The maximum absolute atomic E-state index is 13.3. The molecule has 0 aliphatic heterocycles. The number of halogens is 3. The maximum atomic E-state index is 13.3. The Morgan fingerprint density at radius 2 is 1.52 bits per heavy atom. The second kappa shape index (κ2) is 8.39. The van der Waals surface area contributed by atoms with Gasteiger partial charge in [0.2, 0.25) is 11.2 Å². The Morgan fingerprint density at radius 1 is 0.871 bits per heavy atom. The number of ether oxygens (including phenoxy) is 1. The highest BCUT2D eigenvalue weighted by molar-refractivity contribution is 6.36. The lowest BCUT2D eigenvalue weighted by Gasteiger charge is -2.12. The van der Waals surface area contributed by atoms with Crippen LogP contribution >= 0.6 is 34.8 Å². The van der Waals surface area contributed by atoms with E-state index in [0.29, 0.717) is 26.6 Å². The number of carbonyl (C=O) groups excluding carboxylic acids is 1. The summed E-state index contributed by atoms with van der Waals surface area (Å²) < 4.78 is 11.6. The van der Waals surface area contributed by atoms with Gasteiger partial charge in [-0.1, -0.05) is 34.8 Å². The van der Waals surface area contributed by atoms with Gasteiger partial charge >= 0.3 is 5.97 Å². The van der Waals surface area contributed by atoms with Gasteiger partial charge in [0.1, 0.15) is 5.58 Å². The van der Waals surface area contributed by atoms with Crippen LogP contribution in [0.4, 0.5) is 0 Å². The number of aryl methyl sites for hydroxylation is 2. The Hall–Kier alpha value is -2.79. The Morgan fingerprint density at radius 3 is 2.19 bits per heavy atom. The Kier molecular flexibility index (Phi) is 5.80. The van der Waals surface area contributed by atoms with Crippen molar-refractivity contribution in [3.8, 4) is 17.1 Å². The zero-order valence-corrected chi connectivity index (χ0v) is 18.7. The van der Waals surface area contributed by atoms with Crippen molar-refractivity contribution in [3.63, 3.8) is 0 Å². The standard InChI is InChI=1S/C24H15Cl3O4/c1-12-9-18-20(10-13(12)2)30-22(14-3-5-15(25)6-4-14)23(21(18)28)31-24(29)17-8-7-16(26)11-19(17)27/h3-11H,1-2H3. The van der Waals surface area contributed by atoms with Crippen LogP contribution in [0.15, 0.2) is 63.8 Å². The van der Waals surface area contributed by atoms with Gasteiger partial charge in [0, 0.05) is 15.6 Å². The number of hydrogen-bond acceptors (Lipinski definition) is 4. The van der Waals surface area contributed by atoms with Crippen LogP contribution in [0.1, 0.15) is 21.5 Å². The minimum atomic E-state index is -0.799. The third-order valence-electron chi connectivity index (χ3n) is 4.92. The summed E-state index contributed by atoms with van der Waals surface area (Å²) in [4.78, 5) is 26.2. The molecule has 0 N–H and O–H groups in total. The summed E-state index contributed by atoms with van der Waals surface area (Å²) in [7, 11) is 0. The molecule has 4 rings (SSSR count). The monoisotopic (exact) mass is 472 g/mol. The maximum Gasteiger partial charge on any atom is 0.345 e. The van der Waals surface area contributed by atoms with Gasteiger partial charge < -0.3 is 9.15 Å². The van der Waals surface area contributed by atoms with Crippen LogP contribution in [0.2, 0.25) is 15.1 Å². The lowest BCUT2D eigenvalue weighted by Crippen LogP contribution is -2.17. The summed E-state index contributed by atoms with van der Waals surface area (Å²) in [5, 5.41) is 1.32. The molecule has 0 saturated carbocycles. The summed E-state index contributed by atoms with van der Waals surface area (Å²) in [6, 6.07) is 14.5. The van der Waals surface area contributed by atoms with E-state index in [1.165, 1.54) is 18.2 Å². The molecule has 4 aromatic rings. The topological polar surface area (TPSA) is 56.5 Å². The van der Waals surface area contributed by atoms with Gasteiger partial charge in [-0.15, -0.1) is 0 Å². The summed E-state index contributed by atoms with van der Waals surface area (Å²) in [5.41, 5.74) is 2.42. The van der Waals surface area contributed by atoms with Gasteiger partial charge in [0.15, 0.2) is 5.76 Å². The molecular weight excluding hydrogens is 459 g/mol. The van der Waals surface area contributed by atoms with Gasteiger partial charge in [0.25, 0.3) is 0 Å². The molecule has 0 radical (unpaired) electrons. The number of rotatable bonds is 3. The Labute approximate surface area is 192 Å². The average Bonchev–Trinajstić information content (AvgIpc) is 2.72. The van der Waals surface area contributed by atoms with Crippen LogP contribution in [0.3, 0.4) is 0 Å². The molecule has 156 valence electrons. The van der Waals surface area contributed by atoms with Gasteiger partial charge in [-0.25, -0.2) is 4.79 Å². The van der Waals surface area contributed by atoms with Crippen LogP contribution < -0.4 is 10.2 Å². The van der Waals surface area contributed by atoms with Crippen molar-refractivity contribution in [2.24, 2.45) is 0 Å². The molecule has 0 amide bonds. The molecule has 0 aliphatic carbocycles. The third-order valence-corrected chi connectivity index (χ3v) is 5.72. The second-order valence-electron chi connectivity index (χ2n) is 7.04. The summed E-state index contributed by atoms with van der Waals surface area (Å²) in [6.45, 7) is 3.81. The van der Waals surface area contributed by atoms with E-state index in [4.69, 9.17) is 44.0 Å². The van der Waals surface area contributed by atoms with Crippen molar-refractivity contribution >= 4 is 51.7 Å². The molecule has 31 heavy (non-hydrogen) atoms. The highest BCUT2D eigenvalue weighted by Crippen LogP contribution is 2.33. The smallest absolute Gasteiger partial charge is 0.345 e. The SMILES string of the molecule is Cc1cc2oc(-c3ccc(Cl)cc3)c(OC(=O)c3ccc(Cl)cc3Cl)c(=O)c2cc1C. The van der Waals surface area contributed by atoms with Crippen molar-refractivity contribution in [2.75, 3.05) is 0 Å². The molecule has 0 atom stereocenters. The number of hydrogen-bond donors (Lipinski definition) is 0. The van der Waals surface area contributed by atoms with Crippen LogP contribution in [0, 0.1) is 13.8 Å². The predicted octanol–water partition coefficient (Wildman–Crippen LogP) is 7.26. The van der Waals surface area contributed by atoms with Crippen LogP contribution in [0.5, 0.6) is 5.75 Å². The number of fused-ring (bicyclic) bond motifs is 1. The van der Waals surface area contributed by atoms with Crippen molar-refractivity contribution in [2.45, 2.75) is 13.8 Å². The third kappa shape index (κ3) is 4.19. The van der Waals surface area contributed by atoms with Crippen LogP contribution in [-0.4, -0.2) is 5.97 Å². The van der Waals surface area contributed by atoms with Crippen LogP contribution in [0.25, 0.3) is 22.3 Å². The van der Waals surface area contributed by atoms with Crippen molar-refractivity contribution in [1.82, 2.24) is 0 Å². The van der Waals surface area contributed by atoms with Gasteiger partial charge in [-0.2, -0.15) is 0 Å². The van der Waals surface area contributed by atoms with Gasteiger partial charge in [-0.3, -0.25) is 4.79 Å². The molecule has 7 heteroatoms. The zero-order chi connectivity index (χ0) is 22.3. The highest BCUT2D eigenvalue weighted by atomic mass is 35.5. The van der Waals surface area contributed by atoms with E-state index < -0.39 is 11.4 Å². The van der Waals surface area contributed by atoms with E-state index in [2.05, 4.69) is 0 Å². The molecule has 1 aromatic heterocycles. The predicted molar refractivity (Wildman–Crippen MR) is 124 cm³/mol. The fourth-order valence-corrected chi connectivity index (χ4v) is 3.73. The van der Waals surface area contributed by atoms with E-state index >= 15 is 0 Å². The van der Waals surface area contributed by atoms with Crippen molar-refractivity contribution in [1.29, 1.82) is 0 Å². The van der Waals surface area contributed by atoms with Gasteiger partial charge in [-0.05, 0) is 79.6 Å². The van der Waals surface area contributed by atoms with E-state index in [-0.39, 0.29) is 22.1 Å². The number of carbonyl (C=O) groups is 1. The zero-order valence-electron chi connectivity index (χ0n) is 16.5. The largest absolute Gasteiger partial charge is 0.452 e. The Balaban J connectivity index is 1.93. The second-order valence-corrected chi connectivity index (χ2v) is 8.32. The summed E-state index contributed by atoms with van der Waals surface area (Å²) in [6.07, 6.45) is 0. The first-order valence-corrected chi connectivity index (χ1v) is 10.4. The minimum absolute atomic E-state index is 0.0766. The number of benzene rings is 3. The lowest BCUT2D eigenvalue weighted by molar-refractivity contribution is 0.0731. The van der Waals surface area contributed by atoms with Crippen LogP contribution in [-0.2, 0) is 0 Å². The fourth-order valence-electron chi connectivity index (χ4n) is 3.12. The first-order chi connectivity index (χ1) is 14.7. The fraction of sp³-hybridized carbons (Fsp3) is 0.0833. The van der Waals surface area contributed by atoms with E-state index in [1.807, 2.05) is 13.8 Å². The van der Waals surface area contributed by atoms with E-state index in [1.54, 1.807) is 36.4 Å². The van der Waals surface area contributed by atoms with Crippen molar-refractivity contribution in [3.05, 3.63) is 96.6 Å². The molecule has 0 unspecified atom stereocenters. The van der Waals surface area contributed by atoms with E-state index in [0.717, 1.165) is 11.1 Å². The quantitative estimate of drug-likeness (QED) is 0.294. The minimum Gasteiger partial charge on any atom is -0.452 e. The summed E-state index contributed by atoms with van der Waals surface area (Å²) >= 11 is 18.0. The first kappa shape index (κ1) is 21.4. The molecule has 0 aliphatic rings. The van der Waals surface area contributed by atoms with Gasteiger partial charge in [0.05, 0.1) is 16.0 Å². The van der Waals surface area contributed by atoms with E-state index in [9.17, 15) is 9.59 Å². The number of esters is 1. The molecule has 4 nitrogen and oxygen atoms in total. The molecular formula is C24H15Cl3O4. The first-order valence-electron chi connectivity index (χ1n) is 9.26. The highest BCUT2D eigenvalue weighted by Gasteiger charge is 2.23. The normalized spacial score (nSPS) is 11.0. The summed E-state index contributed by atoms with van der Waals surface area (Å²) in [5.74, 6) is -0.905. The molecule has 0 saturated heterocycles. The molecule has 0 spiro atoms. The molecule has 1 heterocycles. The van der Waals surface area contributed by atoms with Crippen molar-refractivity contribution < 1.29 is 13.9 Å². The molecule has 0 bridgehead atoms.